The predicted octanol–water partition coefficient (Wildman–Crippen LogP) is 5.08. The molecule has 198 valence electrons. The van der Waals surface area contributed by atoms with Gasteiger partial charge in [0.25, 0.3) is 15.9 Å². The zero-order valence-corrected chi connectivity index (χ0v) is 22.7. The topological polar surface area (TPSA) is 105 Å². The molecule has 8 nitrogen and oxygen atoms in total. The van der Waals surface area contributed by atoms with E-state index in [1.165, 1.54) is 62.7 Å². The van der Waals surface area contributed by atoms with Crippen molar-refractivity contribution >= 4 is 45.0 Å². The number of rotatable bonds is 11. The largest absolute Gasteiger partial charge is 0.351 e. The van der Waals surface area contributed by atoms with E-state index in [1.54, 1.807) is 10.6 Å². The third-order valence-electron chi connectivity index (χ3n) is 6.38. The van der Waals surface area contributed by atoms with Crippen LogP contribution in [0.2, 0.25) is 10.0 Å². The molecule has 0 spiro atoms. The number of sulfonamides is 1. The SMILES string of the molecule is O=C(NCCCNC1CCCCC1)c1ncn(Cc2ccccc2Cl)c1NS(=O)(=O)c1ccc(Cl)cc1. The second-order valence-electron chi connectivity index (χ2n) is 9.12. The Bertz CT molecular complexity index is 1310. The Hall–Kier alpha value is -2.59. The highest BCUT2D eigenvalue weighted by Crippen LogP contribution is 2.24. The highest BCUT2D eigenvalue weighted by atomic mass is 35.5. The zero-order valence-electron chi connectivity index (χ0n) is 20.4. The van der Waals surface area contributed by atoms with Gasteiger partial charge in [0.2, 0.25) is 0 Å². The second kappa shape index (κ2) is 12.8. The summed E-state index contributed by atoms with van der Waals surface area (Å²) in [4.78, 5) is 17.3. The third kappa shape index (κ3) is 7.47. The summed E-state index contributed by atoms with van der Waals surface area (Å²) in [5, 5.41) is 7.36. The standard InChI is InChI=1S/C26H31Cl2N5O3S/c27-20-11-13-22(14-12-20)37(35,36)32-25-24(31-18-33(25)17-19-7-4-5-10-23(19)28)26(34)30-16-6-15-29-21-8-2-1-3-9-21/h4-5,7,10-14,18,21,29,32H,1-3,6,8-9,15-17H2,(H,30,34). The first-order valence-electron chi connectivity index (χ1n) is 12.4. The van der Waals surface area contributed by atoms with Crippen LogP contribution in [-0.2, 0) is 16.6 Å². The van der Waals surface area contributed by atoms with Crippen molar-refractivity contribution in [1.82, 2.24) is 20.2 Å². The number of hydrogen-bond acceptors (Lipinski definition) is 5. The van der Waals surface area contributed by atoms with Gasteiger partial charge >= 0.3 is 0 Å². The minimum atomic E-state index is -4.01. The van der Waals surface area contributed by atoms with Crippen LogP contribution in [0.15, 0.2) is 59.8 Å². The number of amides is 1. The third-order valence-corrected chi connectivity index (χ3v) is 8.36. The van der Waals surface area contributed by atoms with E-state index in [2.05, 4.69) is 20.3 Å². The van der Waals surface area contributed by atoms with Crippen LogP contribution in [0.4, 0.5) is 5.82 Å². The van der Waals surface area contributed by atoms with Crippen LogP contribution in [0.3, 0.4) is 0 Å². The summed E-state index contributed by atoms with van der Waals surface area (Å²) in [6.45, 7) is 1.48. The van der Waals surface area contributed by atoms with E-state index in [4.69, 9.17) is 23.2 Å². The molecule has 0 radical (unpaired) electrons. The number of carbonyl (C=O) groups is 1. The average Bonchev–Trinajstić information content (AvgIpc) is 3.27. The molecule has 1 heterocycles. The van der Waals surface area contributed by atoms with Gasteiger partial charge < -0.3 is 15.2 Å². The molecule has 0 saturated heterocycles. The summed E-state index contributed by atoms with van der Waals surface area (Å²) in [7, 11) is -4.01. The molecule has 0 bridgehead atoms. The Morgan fingerprint density at radius 3 is 2.46 bits per heavy atom. The average molecular weight is 565 g/mol. The van der Waals surface area contributed by atoms with Crippen molar-refractivity contribution in [2.24, 2.45) is 0 Å². The number of nitrogens with one attached hydrogen (secondary N) is 3. The molecular formula is C26H31Cl2N5O3S. The number of anilines is 1. The van der Waals surface area contributed by atoms with Crippen LogP contribution < -0.4 is 15.4 Å². The molecule has 0 atom stereocenters. The molecule has 2 aromatic carbocycles. The lowest BCUT2D eigenvalue weighted by molar-refractivity contribution is 0.0949. The van der Waals surface area contributed by atoms with E-state index in [9.17, 15) is 13.2 Å². The summed E-state index contributed by atoms with van der Waals surface area (Å²) in [5.74, 6) is -0.392. The quantitative estimate of drug-likeness (QED) is 0.282. The van der Waals surface area contributed by atoms with Crippen molar-refractivity contribution in [3.63, 3.8) is 0 Å². The monoisotopic (exact) mass is 563 g/mol. The van der Waals surface area contributed by atoms with E-state index in [0.29, 0.717) is 22.6 Å². The van der Waals surface area contributed by atoms with Gasteiger partial charge in [0, 0.05) is 22.6 Å². The summed E-state index contributed by atoms with van der Waals surface area (Å²) >= 11 is 12.2. The molecule has 4 rings (SSSR count). The molecule has 1 saturated carbocycles. The maximum Gasteiger partial charge on any atom is 0.273 e. The lowest BCUT2D eigenvalue weighted by atomic mass is 9.95. The molecule has 37 heavy (non-hydrogen) atoms. The smallest absolute Gasteiger partial charge is 0.273 e. The molecule has 1 amide bonds. The Kier molecular flexibility index (Phi) is 9.48. The summed E-state index contributed by atoms with van der Waals surface area (Å²) in [6.07, 6.45) is 8.43. The first-order valence-corrected chi connectivity index (χ1v) is 14.7. The van der Waals surface area contributed by atoms with Crippen molar-refractivity contribution in [2.45, 2.75) is 56.0 Å². The lowest BCUT2D eigenvalue weighted by Crippen LogP contribution is -2.34. The molecule has 0 aliphatic heterocycles. The molecular weight excluding hydrogens is 533 g/mol. The van der Waals surface area contributed by atoms with Gasteiger partial charge in [-0.1, -0.05) is 60.7 Å². The maximum absolute atomic E-state index is 13.1. The normalized spacial score (nSPS) is 14.4. The van der Waals surface area contributed by atoms with Gasteiger partial charge in [-0.3, -0.25) is 9.52 Å². The Labute approximate surface area is 227 Å². The van der Waals surface area contributed by atoms with Gasteiger partial charge in [0.1, 0.15) is 0 Å². The molecule has 1 aliphatic carbocycles. The minimum Gasteiger partial charge on any atom is -0.351 e. The number of halogens is 2. The van der Waals surface area contributed by atoms with Gasteiger partial charge in [-0.25, -0.2) is 13.4 Å². The summed E-state index contributed by atoms with van der Waals surface area (Å²) in [5.41, 5.74) is 0.749. The summed E-state index contributed by atoms with van der Waals surface area (Å²) in [6, 6.07) is 13.6. The molecule has 11 heteroatoms. The Morgan fingerprint density at radius 1 is 1.00 bits per heavy atom. The highest BCUT2D eigenvalue weighted by molar-refractivity contribution is 7.92. The van der Waals surface area contributed by atoms with Gasteiger partial charge in [-0.05, 0) is 61.7 Å². The first-order chi connectivity index (χ1) is 17.8. The Balaban J connectivity index is 1.48. The zero-order chi connectivity index (χ0) is 26.3. The van der Waals surface area contributed by atoms with Crippen LogP contribution in [-0.4, -0.2) is 43.0 Å². The highest BCUT2D eigenvalue weighted by Gasteiger charge is 2.24. The van der Waals surface area contributed by atoms with Crippen molar-refractivity contribution in [3.05, 3.63) is 76.2 Å². The number of carbonyl (C=O) groups excluding carboxylic acids is 1. The van der Waals surface area contributed by atoms with Crippen LogP contribution in [0.1, 0.15) is 54.6 Å². The van der Waals surface area contributed by atoms with Gasteiger partial charge in [-0.2, -0.15) is 0 Å². The number of aromatic nitrogens is 2. The molecule has 1 fully saturated rings. The maximum atomic E-state index is 13.1. The number of benzene rings is 2. The van der Waals surface area contributed by atoms with Crippen LogP contribution >= 0.6 is 23.2 Å². The van der Waals surface area contributed by atoms with E-state index >= 15 is 0 Å². The minimum absolute atomic E-state index is 0.00941. The first kappa shape index (κ1) is 27.4. The van der Waals surface area contributed by atoms with E-state index < -0.39 is 15.9 Å². The molecule has 3 N–H and O–H groups in total. The fourth-order valence-electron chi connectivity index (χ4n) is 4.37. The van der Waals surface area contributed by atoms with E-state index in [0.717, 1.165) is 18.5 Å². The second-order valence-corrected chi connectivity index (χ2v) is 11.6. The number of hydrogen-bond donors (Lipinski definition) is 3. The van der Waals surface area contributed by atoms with Crippen molar-refractivity contribution in [2.75, 3.05) is 17.8 Å². The summed E-state index contributed by atoms with van der Waals surface area (Å²) < 4.78 is 30.4. The fourth-order valence-corrected chi connectivity index (χ4v) is 5.77. The van der Waals surface area contributed by atoms with Crippen molar-refractivity contribution in [1.29, 1.82) is 0 Å². The molecule has 1 aromatic heterocycles. The van der Waals surface area contributed by atoms with Crippen LogP contribution in [0, 0.1) is 0 Å². The van der Waals surface area contributed by atoms with Gasteiger partial charge in [0.15, 0.2) is 11.5 Å². The number of nitrogens with zero attached hydrogens (tertiary/aromatic N) is 2. The molecule has 1 aliphatic rings. The van der Waals surface area contributed by atoms with E-state index in [1.807, 2.05) is 18.2 Å². The van der Waals surface area contributed by atoms with Gasteiger partial charge in [0.05, 0.1) is 17.8 Å². The van der Waals surface area contributed by atoms with Crippen LogP contribution in [0.5, 0.6) is 0 Å². The van der Waals surface area contributed by atoms with Crippen LogP contribution in [0.25, 0.3) is 0 Å². The van der Waals surface area contributed by atoms with Gasteiger partial charge in [-0.15, -0.1) is 0 Å². The molecule has 3 aromatic rings. The molecule has 0 unspecified atom stereocenters. The van der Waals surface area contributed by atoms with Crippen molar-refractivity contribution in [3.8, 4) is 0 Å². The fraction of sp³-hybridized carbons (Fsp3) is 0.385. The predicted molar refractivity (Wildman–Crippen MR) is 147 cm³/mol. The number of imidazole rings is 1. The van der Waals surface area contributed by atoms with Crippen molar-refractivity contribution < 1.29 is 13.2 Å². The lowest BCUT2D eigenvalue weighted by Gasteiger charge is -2.22. The Morgan fingerprint density at radius 2 is 1.73 bits per heavy atom. The van der Waals surface area contributed by atoms with E-state index in [-0.39, 0.29) is 23.0 Å².